The van der Waals surface area contributed by atoms with E-state index >= 15 is 0 Å². The van der Waals surface area contributed by atoms with Gasteiger partial charge in [-0.05, 0) is 18.4 Å². The third kappa shape index (κ3) is 4.04. The summed E-state index contributed by atoms with van der Waals surface area (Å²) in [6.07, 6.45) is 1.02. The molecule has 0 radical (unpaired) electrons. The fraction of sp³-hybridized carbons (Fsp3) is 0.438. The molecule has 6 nitrogen and oxygen atoms in total. The lowest BCUT2D eigenvalue weighted by Gasteiger charge is -2.23. The van der Waals surface area contributed by atoms with Crippen molar-refractivity contribution >= 4 is 28.9 Å². The summed E-state index contributed by atoms with van der Waals surface area (Å²) in [4.78, 5) is 30.3. The summed E-state index contributed by atoms with van der Waals surface area (Å²) in [6, 6.07) is 9.04. The molecule has 122 valence electrons. The monoisotopic (exact) mass is 333 g/mol. The van der Waals surface area contributed by atoms with Gasteiger partial charge in [-0.15, -0.1) is 0 Å². The molecule has 0 aromatic heterocycles. The van der Waals surface area contributed by atoms with Crippen LogP contribution in [0, 0.1) is 0 Å². The highest BCUT2D eigenvalue weighted by Gasteiger charge is 2.35. The van der Waals surface area contributed by atoms with Crippen molar-refractivity contribution in [1.82, 2.24) is 10.2 Å². The van der Waals surface area contributed by atoms with Crippen LogP contribution in [0.3, 0.4) is 0 Å². The number of nitrogens with zero attached hydrogens (tertiary/aromatic N) is 2. The Morgan fingerprint density at radius 1 is 1.35 bits per heavy atom. The summed E-state index contributed by atoms with van der Waals surface area (Å²) in [5.74, 6) is 0.718. The third-order valence-electron chi connectivity index (χ3n) is 3.81. The maximum atomic E-state index is 12.3. The van der Waals surface area contributed by atoms with Gasteiger partial charge in [-0.2, -0.15) is 0 Å². The highest BCUT2D eigenvalue weighted by Crippen LogP contribution is 2.20. The maximum Gasteiger partial charge on any atom is 0.410 e. The average molecular weight is 333 g/mol. The number of aliphatic imine (C=N–C) groups is 1. The van der Waals surface area contributed by atoms with Gasteiger partial charge in [0.05, 0.1) is 6.54 Å². The predicted octanol–water partition coefficient (Wildman–Crippen LogP) is 2.01. The third-order valence-corrected chi connectivity index (χ3v) is 4.70. The van der Waals surface area contributed by atoms with E-state index in [1.165, 1.54) is 16.7 Å². The molecule has 2 amide bonds. The molecule has 0 spiro atoms. The Morgan fingerprint density at radius 2 is 2.17 bits per heavy atom. The largest absolute Gasteiger partial charge is 0.445 e. The molecule has 2 aliphatic rings. The lowest BCUT2D eigenvalue weighted by molar-refractivity contribution is -0.123. The summed E-state index contributed by atoms with van der Waals surface area (Å²) in [6.45, 7) is 1.49. The van der Waals surface area contributed by atoms with E-state index in [4.69, 9.17) is 4.74 Å². The average Bonchev–Trinajstić information content (AvgIpc) is 3.24. The number of nitrogens with one attached hydrogen (secondary N) is 1. The highest BCUT2D eigenvalue weighted by molar-refractivity contribution is 8.14. The second-order valence-corrected chi connectivity index (χ2v) is 6.50. The van der Waals surface area contributed by atoms with Crippen LogP contribution in [0.15, 0.2) is 35.3 Å². The van der Waals surface area contributed by atoms with Crippen LogP contribution in [0.4, 0.5) is 4.79 Å². The number of amides is 2. The molecule has 7 heteroatoms. The normalized spacial score (nSPS) is 20.3. The molecule has 3 rings (SSSR count). The van der Waals surface area contributed by atoms with E-state index in [-0.39, 0.29) is 12.5 Å². The van der Waals surface area contributed by atoms with E-state index in [1.54, 1.807) is 0 Å². The van der Waals surface area contributed by atoms with E-state index in [1.807, 2.05) is 30.3 Å². The molecule has 0 bridgehead atoms. The quantitative estimate of drug-likeness (QED) is 0.918. The molecule has 1 fully saturated rings. The minimum absolute atomic E-state index is 0.174. The summed E-state index contributed by atoms with van der Waals surface area (Å²) in [5, 5.41) is 3.46. The van der Waals surface area contributed by atoms with E-state index in [9.17, 15) is 9.59 Å². The van der Waals surface area contributed by atoms with E-state index < -0.39 is 12.1 Å². The van der Waals surface area contributed by atoms with Crippen molar-refractivity contribution in [2.75, 3.05) is 18.8 Å². The number of hydrogen-bond donors (Lipinski definition) is 1. The summed E-state index contributed by atoms with van der Waals surface area (Å²) >= 11 is 1.53. The van der Waals surface area contributed by atoms with Crippen molar-refractivity contribution < 1.29 is 14.3 Å². The van der Waals surface area contributed by atoms with E-state index in [2.05, 4.69) is 10.3 Å². The topological polar surface area (TPSA) is 71.0 Å². The number of amidine groups is 1. The number of carbonyl (C=O) groups excluding carboxylic acids is 2. The zero-order valence-electron chi connectivity index (χ0n) is 12.7. The van der Waals surface area contributed by atoms with Crippen LogP contribution in [-0.2, 0) is 16.1 Å². The highest BCUT2D eigenvalue weighted by atomic mass is 32.2. The number of benzene rings is 1. The molecule has 1 atom stereocenters. The molecule has 1 N–H and O–H groups in total. The van der Waals surface area contributed by atoms with Crippen molar-refractivity contribution in [2.45, 2.75) is 25.5 Å². The Morgan fingerprint density at radius 3 is 2.91 bits per heavy atom. The van der Waals surface area contributed by atoms with Crippen molar-refractivity contribution in [1.29, 1.82) is 0 Å². The molecule has 1 aromatic carbocycles. The predicted molar refractivity (Wildman–Crippen MR) is 89.3 cm³/mol. The summed E-state index contributed by atoms with van der Waals surface area (Å²) < 4.78 is 5.33. The number of carbonyl (C=O) groups is 2. The molecule has 0 saturated carbocycles. The molecule has 2 heterocycles. The minimum atomic E-state index is -0.470. The Kier molecular flexibility index (Phi) is 5.17. The second kappa shape index (κ2) is 7.50. The number of ether oxygens (including phenoxy) is 1. The van der Waals surface area contributed by atoms with Gasteiger partial charge in [-0.3, -0.25) is 14.7 Å². The second-order valence-electron chi connectivity index (χ2n) is 5.42. The first-order valence-corrected chi connectivity index (χ1v) is 8.68. The smallest absolute Gasteiger partial charge is 0.410 e. The van der Waals surface area contributed by atoms with E-state index in [0.29, 0.717) is 18.1 Å². The first-order valence-electron chi connectivity index (χ1n) is 7.69. The van der Waals surface area contributed by atoms with Crippen molar-refractivity contribution in [2.24, 2.45) is 4.99 Å². The number of thioether (sulfide) groups is 1. The zero-order chi connectivity index (χ0) is 16.1. The summed E-state index contributed by atoms with van der Waals surface area (Å²) in [7, 11) is 0. The van der Waals surface area contributed by atoms with Crippen LogP contribution in [0.25, 0.3) is 0 Å². The molecule has 1 unspecified atom stereocenters. The minimum Gasteiger partial charge on any atom is -0.445 e. The molecule has 2 aliphatic heterocycles. The SMILES string of the molecule is O=C(NC1=NCCS1)C1CCCN1C(=O)OCc1ccccc1. The molecule has 23 heavy (non-hydrogen) atoms. The molecular formula is C16H19N3O3S. The number of rotatable bonds is 3. The van der Waals surface area contributed by atoms with Gasteiger partial charge in [-0.1, -0.05) is 42.1 Å². The number of likely N-dealkylation sites (tertiary alicyclic amines) is 1. The van der Waals surface area contributed by atoms with Crippen LogP contribution in [0.1, 0.15) is 18.4 Å². The van der Waals surface area contributed by atoms with Crippen molar-refractivity contribution in [3.63, 3.8) is 0 Å². The van der Waals surface area contributed by atoms with Crippen LogP contribution in [0.2, 0.25) is 0 Å². The van der Waals surface area contributed by atoms with Gasteiger partial charge < -0.3 is 10.1 Å². The van der Waals surface area contributed by atoms with Gasteiger partial charge >= 0.3 is 6.09 Å². The van der Waals surface area contributed by atoms with Gasteiger partial charge in [0.15, 0.2) is 5.17 Å². The Hall–Kier alpha value is -2.02. The standard InChI is InChI=1S/C16H19N3O3S/c20-14(18-15-17-8-10-23-15)13-7-4-9-19(13)16(21)22-11-12-5-2-1-3-6-12/h1-3,5-6,13H,4,7-11H2,(H,17,18,20). The first-order chi connectivity index (χ1) is 11.2. The zero-order valence-corrected chi connectivity index (χ0v) is 13.6. The van der Waals surface area contributed by atoms with Crippen molar-refractivity contribution in [3.05, 3.63) is 35.9 Å². The van der Waals surface area contributed by atoms with Gasteiger partial charge in [0.2, 0.25) is 5.91 Å². The van der Waals surface area contributed by atoms with Gasteiger partial charge in [0.25, 0.3) is 0 Å². The van der Waals surface area contributed by atoms with Crippen LogP contribution >= 0.6 is 11.8 Å². The van der Waals surface area contributed by atoms with Crippen LogP contribution < -0.4 is 5.32 Å². The Labute approximate surface area is 139 Å². The van der Waals surface area contributed by atoms with Gasteiger partial charge in [-0.25, -0.2) is 4.79 Å². The van der Waals surface area contributed by atoms with Gasteiger partial charge in [0, 0.05) is 12.3 Å². The van der Waals surface area contributed by atoms with Crippen LogP contribution in [-0.4, -0.2) is 47.0 Å². The Bertz CT molecular complexity index is 606. The van der Waals surface area contributed by atoms with Crippen molar-refractivity contribution in [3.8, 4) is 0 Å². The lowest BCUT2D eigenvalue weighted by atomic mass is 10.2. The molecule has 1 aromatic rings. The van der Waals surface area contributed by atoms with Crippen LogP contribution in [0.5, 0.6) is 0 Å². The Balaban J connectivity index is 1.55. The molecule has 1 saturated heterocycles. The van der Waals surface area contributed by atoms with Gasteiger partial charge in [0.1, 0.15) is 12.6 Å². The lowest BCUT2D eigenvalue weighted by Crippen LogP contribution is -2.47. The maximum absolute atomic E-state index is 12.3. The fourth-order valence-corrected chi connectivity index (χ4v) is 3.39. The fourth-order valence-electron chi connectivity index (χ4n) is 2.66. The molecular weight excluding hydrogens is 314 g/mol. The van der Waals surface area contributed by atoms with E-state index in [0.717, 1.165) is 24.3 Å². The summed E-state index contributed by atoms with van der Waals surface area (Å²) in [5.41, 5.74) is 0.928. The number of hydrogen-bond acceptors (Lipinski definition) is 5. The molecule has 0 aliphatic carbocycles. The first kappa shape index (κ1) is 15.9.